The number of aromatic nitrogens is 2. The van der Waals surface area contributed by atoms with Crippen LogP contribution in [0, 0.1) is 6.92 Å². The molecule has 1 aromatic rings. The summed E-state index contributed by atoms with van der Waals surface area (Å²) in [4.78, 5) is 19.6. The monoisotopic (exact) mass is 256 g/mol. The number of halogens is 1. The Kier molecular flexibility index (Phi) is 4.42. The average molecular weight is 257 g/mol. The fourth-order valence-electron chi connectivity index (χ4n) is 1.21. The van der Waals surface area contributed by atoms with Crippen LogP contribution >= 0.6 is 11.6 Å². The molecule has 5 nitrogen and oxygen atoms in total. The third-order valence-corrected chi connectivity index (χ3v) is 2.26. The zero-order chi connectivity index (χ0) is 13.1. The molecule has 0 saturated heterocycles. The van der Waals surface area contributed by atoms with Crippen LogP contribution in [0.3, 0.4) is 0 Å². The highest BCUT2D eigenvalue weighted by atomic mass is 35.5. The van der Waals surface area contributed by atoms with Crippen molar-refractivity contribution in [3.63, 3.8) is 0 Å². The highest BCUT2D eigenvalue weighted by molar-refractivity contribution is 6.29. The van der Waals surface area contributed by atoms with Crippen molar-refractivity contribution < 1.29 is 4.79 Å². The van der Waals surface area contributed by atoms with Gasteiger partial charge in [-0.05, 0) is 33.3 Å². The summed E-state index contributed by atoms with van der Waals surface area (Å²) < 4.78 is 0. The number of carbonyl (C=O) groups excluding carboxylic acids is 1. The SMILES string of the molecule is Cc1cc(Cl)nc(NC(=O)CCC(C)(C)N)n1. The van der Waals surface area contributed by atoms with Crippen LogP contribution in [-0.4, -0.2) is 21.4 Å². The van der Waals surface area contributed by atoms with Gasteiger partial charge in [-0.25, -0.2) is 9.97 Å². The minimum atomic E-state index is -0.359. The number of amides is 1. The Morgan fingerprint density at radius 3 is 2.71 bits per heavy atom. The van der Waals surface area contributed by atoms with Crippen LogP contribution in [0.2, 0.25) is 5.15 Å². The first-order valence-corrected chi connectivity index (χ1v) is 5.74. The molecule has 17 heavy (non-hydrogen) atoms. The topological polar surface area (TPSA) is 80.9 Å². The second-order valence-corrected chi connectivity index (χ2v) is 5.08. The van der Waals surface area contributed by atoms with Crippen LogP contribution < -0.4 is 11.1 Å². The second-order valence-electron chi connectivity index (χ2n) is 4.69. The van der Waals surface area contributed by atoms with Crippen LogP contribution in [-0.2, 0) is 4.79 Å². The van der Waals surface area contributed by atoms with Gasteiger partial charge in [-0.2, -0.15) is 0 Å². The minimum absolute atomic E-state index is 0.162. The number of aryl methyl sites for hydroxylation is 1. The smallest absolute Gasteiger partial charge is 0.231 e. The van der Waals surface area contributed by atoms with Crippen LogP contribution in [0.25, 0.3) is 0 Å². The van der Waals surface area contributed by atoms with Crippen LogP contribution in [0.15, 0.2) is 6.07 Å². The van der Waals surface area contributed by atoms with E-state index in [0.29, 0.717) is 23.7 Å². The Hall–Kier alpha value is -1.20. The minimum Gasteiger partial charge on any atom is -0.326 e. The predicted octanol–water partition coefficient (Wildman–Crippen LogP) is 1.89. The van der Waals surface area contributed by atoms with Crippen molar-refractivity contribution in [2.24, 2.45) is 5.73 Å². The zero-order valence-corrected chi connectivity index (χ0v) is 11.0. The Morgan fingerprint density at radius 1 is 1.53 bits per heavy atom. The van der Waals surface area contributed by atoms with Gasteiger partial charge < -0.3 is 5.73 Å². The normalized spacial score (nSPS) is 11.4. The maximum Gasteiger partial charge on any atom is 0.231 e. The molecule has 0 spiro atoms. The molecule has 1 heterocycles. The van der Waals surface area contributed by atoms with Gasteiger partial charge in [0, 0.05) is 17.7 Å². The van der Waals surface area contributed by atoms with Gasteiger partial charge in [-0.15, -0.1) is 0 Å². The Bertz CT molecular complexity index is 394. The molecule has 0 unspecified atom stereocenters. The van der Waals surface area contributed by atoms with Crippen LogP contribution in [0.4, 0.5) is 5.95 Å². The summed E-state index contributed by atoms with van der Waals surface area (Å²) in [6, 6.07) is 1.63. The lowest BCUT2D eigenvalue weighted by Crippen LogP contribution is -2.33. The number of nitrogens with one attached hydrogen (secondary N) is 1. The highest BCUT2D eigenvalue weighted by Crippen LogP contribution is 2.11. The van der Waals surface area contributed by atoms with E-state index in [2.05, 4.69) is 15.3 Å². The van der Waals surface area contributed by atoms with E-state index in [4.69, 9.17) is 17.3 Å². The quantitative estimate of drug-likeness (QED) is 0.806. The van der Waals surface area contributed by atoms with Crippen LogP contribution in [0.5, 0.6) is 0 Å². The van der Waals surface area contributed by atoms with Gasteiger partial charge in [0.25, 0.3) is 0 Å². The number of nitrogens with two attached hydrogens (primary N) is 1. The van der Waals surface area contributed by atoms with E-state index in [9.17, 15) is 4.79 Å². The fraction of sp³-hybridized carbons (Fsp3) is 0.545. The number of hydrogen-bond acceptors (Lipinski definition) is 4. The molecule has 0 aliphatic heterocycles. The van der Waals surface area contributed by atoms with Gasteiger partial charge in [0.2, 0.25) is 11.9 Å². The second kappa shape index (κ2) is 5.42. The van der Waals surface area contributed by atoms with Crippen molar-refractivity contribution in [1.29, 1.82) is 0 Å². The maximum absolute atomic E-state index is 11.6. The molecule has 0 aliphatic carbocycles. The Balaban J connectivity index is 2.56. The molecular weight excluding hydrogens is 240 g/mol. The first kappa shape index (κ1) is 13.9. The average Bonchev–Trinajstić information content (AvgIpc) is 2.11. The predicted molar refractivity (Wildman–Crippen MR) is 67.9 cm³/mol. The molecule has 0 bridgehead atoms. The number of carbonyl (C=O) groups is 1. The summed E-state index contributed by atoms with van der Waals surface area (Å²) >= 11 is 5.76. The van der Waals surface area contributed by atoms with E-state index in [-0.39, 0.29) is 17.4 Å². The molecule has 1 amide bonds. The molecule has 1 aromatic heterocycles. The molecule has 0 saturated carbocycles. The summed E-state index contributed by atoms with van der Waals surface area (Å²) in [7, 11) is 0. The summed E-state index contributed by atoms with van der Waals surface area (Å²) in [6.45, 7) is 5.53. The van der Waals surface area contributed by atoms with Crippen molar-refractivity contribution in [2.45, 2.75) is 39.2 Å². The molecular formula is C11H17ClN4O. The molecule has 94 valence electrons. The maximum atomic E-state index is 11.6. The van der Waals surface area contributed by atoms with E-state index < -0.39 is 0 Å². The molecule has 0 aromatic carbocycles. The van der Waals surface area contributed by atoms with Crippen molar-refractivity contribution >= 4 is 23.5 Å². The van der Waals surface area contributed by atoms with Gasteiger partial charge >= 0.3 is 0 Å². The van der Waals surface area contributed by atoms with E-state index in [0.717, 1.165) is 0 Å². The van der Waals surface area contributed by atoms with Gasteiger partial charge in [-0.3, -0.25) is 10.1 Å². The number of nitrogens with zero attached hydrogens (tertiary/aromatic N) is 2. The van der Waals surface area contributed by atoms with Gasteiger partial charge in [0.15, 0.2) is 0 Å². The highest BCUT2D eigenvalue weighted by Gasteiger charge is 2.14. The molecule has 0 aliphatic rings. The van der Waals surface area contributed by atoms with E-state index in [1.165, 1.54) is 0 Å². The molecule has 3 N–H and O–H groups in total. The lowest BCUT2D eigenvalue weighted by molar-refractivity contribution is -0.116. The first-order chi connectivity index (χ1) is 7.76. The zero-order valence-electron chi connectivity index (χ0n) is 10.2. The fourth-order valence-corrected chi connectivity index (χ4v) is 1.45. The molecule has 0 radical (unpaired) electrons. The third kappa shape index (κ3) is 5.60. The molecule has 6 heteroatoms. The summed E-state index contributed by atoms with van der Waals surface area (Å²) in [5.41, 5.74) is 6.14. The third-order valence-electron chi connectivity index (χ3n) is 2.07. The molecule has 0 fully saturated rings. The molecule has 1 rings (SSSR count). The number of rotatable bonds is 4. The summed E-state index contributed by atoms with van der Waals surface area (Å²) in [6.07, 6.45) is 0.927. The Morgan fingerprint density at radius 2 is 2.18 bits per heavy atom. The van der Waals surface area contributed by atoms with Gasteiger partial charge in [-0.1, -0.05) is 11.6 Å². The standard InChI is InChI=1S/C11H17ClN4O/c1-7-6-8(12)15-10(14-7)16-9(17)4-5-11(2,3)13/h6H,4-5,13H2,1-3H3,(H,14,15,16,17). The number of hydrogen-bond donors (Lipinski definition) is 2. The summed E-state index contributed by atoms with van der Waals surface area (Å²) in [5, 5.41) is 2.91. The van der Waals surface area contributed by atoms with Crippen molar-refractivity contribution in [3.8, 4) is 0 Å². The lowest BCUT2D eigenvalue weighted by Gasteiger charge is -2.17. The van der Waals surface area contributed by atoms with Crippen molar-refractivity contribution in [3.05, 3.63) is 16.9 Å². The van der Waals surface area contributed by atoms with Crippen LogP contribution in [0.1, 0.15) is 32.4 Å². The van der Waals surface area contributed by atoms with Gasteiger partial charge in [0.05, 0.1) is 0 Å². The van der Waals surface area contributed by atoms with Gasteiger partial charge in [0.1, 0.15) is 5.15 Å². The first-order valence-electron chi connectivity index (χ1n) is 5.36. The van der Waals surface area contributed by atoms with Crippen molar-refractivity contribution in [1.82, 2.24) is 9.97 Å². The van der Waals surface area contributed by atoms with E-state index >= 15 is 0 Å². The van der Waals surface area contributed by atoms with E-state index in [1.807, 2.05) is 13.8 Å². The van der Waals surface area contributed by atoms with E-state index in [1.54, 1.807) is 13.0 Å². The molecule has 0 atom stereocenters. The Labute approximate surface area is 106 Å². The van der Waals surface area contributed by atoms with Crippen molar-refractivity contribution in [2.75, 3.05) is 5.32 Å². The summed E-state index contributed by atoms with van der Waals surface area (Å²) in [5.74, 6) is 0.0695. The number of anilines is 1. The largest absolute Gasteiger partial charge is 0.326 e. The lowest BCUT2D eigenvalue weighted by atomic mass is 10.00.